The first-order valence-corrected chi connectivity index (χ1v) is 8.12. The molecule has 122 valence electrons. The lowest BCUT2D eigenvalue weighted by atomic mass is 9.94. The molecule has 2 rings (SSSR count). The van der Waals surface area contributed by atoms with Gasteiger partial charge in [0.25, 0.3) is 0 Å². The Bertz CT molecular complexity index is 610. The van der Waals surface area contributed by atoms with Crippen molar-refractivity contribution in [3.8, 4) is 0 Å². The molecule has 1 amide bonds. The lowest BCUT2D eigenvalue weighted by Crippen LogP contribution is -2.35. The van der Waals surface area contributed by atoms with Gasteiger partial charge in [0.1, 0.15) is 0 Å². The number of nitrogens with zero attached hydrogens (tertiary/aromatic N) is 1. The molecule has 0 aliphatic carbocycles. The smallest absolute Gasteiger partial charge is 0.224 e. The molecule has 0 radical (unpaired) electrons. The number of rotatable bonds is 6. The van der Waals surface area contributed by atoms with E-state index in [4.69, 9.17) is 5.73 Å². The van der Waals surface area contributed by atoms with E-state index in [1.807, 2.05) is 60.5 Å². The number of nitrogens with two attached hydrogens (primary N) is 1. The molecular formula is C20H26N2O. The van der Waals surface area contributed by atoms with Gasteiger partial charge >= 0.3 is 0 Å². The van der Waals surface area contributed by atoms with Gasteiger partial charge in [0, 0.05) is 19.5 Å². The summed E-state index contributed by atoms with van der Waals surface area (Å²) < 4.78 is 0. The number of hydrogen-bond acceptors (Lipinski definition) is 2. The van der Waals surface area contributed by atoms with Gasteiger partial charge in [-0.25, -0.2) is 0 Å². The van der Waals surface area contributed by atoms with E-state index in [1.165, 1.54) is 0 Å². The highest BCUT2D eigenvalue weighted by Gasteiger charge is 2.25. The van der Waals surface area contributed by atoms with Crippen molar-refractivity contribution >= 4 is 5.91 Å². The Morgan fingerprint density at radius 3 is 1.91 bits per heavy atom. The first-order chi connectivity index (χ1) is 11.0. The van der Waals surface area contributed by atoms with Gasteiger partial charge in [-0.3, -0.25) is 4.79 Å². The lowest BCUT2D eigenvalue weighted by molar-refractivity contribution is -0.133. The largest absolute Gasteiger partial charge is 0.338 e. The summed E-state index contributed by atoms with van der Waals surface area (Å²) in [5, 5.41) is 0. The van der Waals surface area contributed by atoms with Gasteiger partial charge in [0.05, 0.1) is 6.04 Å². The summed E-state index contributed by atoms with van der Waals surface area (Å²) in [6.07, 6.45) is 0.316. The van der Waals surface area contributed by atoms with Crippen molar-refractivity contribution < 1.29 is 4.79 Å². The lowest BCUT2D eigenvalue weighted by Gasteiger charge is -2.32. The van der Waals surface area contributed by atoms with Gasteiger partial charge < -0.3 is 10.6 Å². The maximum Gasteiger partial charge on any atom is 0.224 e. The third kappa shape index (κ3) is 4.42. The van der Waals surface area contributed by atoms with Crippen molar-refractivity contribution in [2.75, 3.05) is 7.05 Å². The van der Waals surface area contributed by atoms with E-state index >= 15 is 0 Å². The van der Waals surface area contributed by atoms with Crippen molar-refractivity contribution in [1.29, 1.82) is 0 Å². The van der Waals surface area contributed by atoms with Crippen molar-refractivity contribution in [2.24, 2.45) is 11.7 Å². The molecule has 0 aromatic heterocycles. The third-order valence-electron chi connectivity index (χ3n) is 4.21. The maximum absolute atomic E-state index is 12.7. The molecular weight excluding hydrogens is 284 g/mol. The number of carbonyl (C=O) groups excluding carboxylic acids is 1. The van der Waals surface area contributed by atoms with Crippen molar-refractivity contribution in [3.63, 3.8) is 0 Å². The zero-order valence-corrected chi connectivity index (χ0v) is 14.1. The monoisotopic (exact) mass is 310 g/mol. The molecule has 0 aliphatic rings. The molecule has 0 bridgehead atoms. The van der Waals surface area contributed by atoms with Crippen LogP contribution in [0.2, 0.25) is 0 Å². The fourth-order valence-electron chi connectivity index (χ4n) is 3.01. The van der Waals surface area contributed by atoms with E-state index < -0.39 is 0 Å². The highest BCUT2D eigenvalue weighted by molar-refractivity contribution is 5.77. The maximum atomic E-state index is 12.7. The number of benzene rings is 2. The molecule has 0 spiro atoms. The van der Waals surface area contributed by atoms with Gasteiger partial charge in [-0.15, -0.1) is 0 Å². The minimum Gasteiger partial charge on any atom is -0.338 e. The second kappa shape index (κ2) is 7.93. The summed E-state index contributed by atoms with van der Waals surface area (Å²) in [4.78, 5) is 14.5. The average molecular weight is 310 g/mol. The summed E-state index contributed by atoms with van der Waals surface area (Å²) in [6.45, 7) is 4.27. The second-order valence-corrected chi connectivity index (χ2v) is 6.33. The van der Waals surface area contributed by atoms with Crippen LogP contribution >= 0.6 is 0 Å². The Morgan fingerprint density at radius 2 is 1.43 bits per heavy atom. The van der Waals surface area contributed by atoms with Gasteiger partial charge in [-0.2, -0.15) is 0 Å². The summed E-state index contributed by atoms with van der Waals surface area (Å²) in [5.41, 5.74) is 8.36. The summed E-state index contributed by atoms with van der Waals surface area (Å²) >= 11 is 0. The fourth-order valence-corrected chi connectivity index (χ4v) is 3.01. The molecule has 3 heteroatoms. The van der Waals surface area contributed by atoms with E-state index in [0.29, 0.717) is 12.3 Å². The molecule has 0 aliphatic heterocycles. The Kier molecular flexibility index (Phi) is 5.94. The Hall–Kier alpha value is -2.13. The Labute approximate surface area is 139 Å². The average Bonchev–Trinajstić information content (AvgIpc) is 2.56. The van der Waals surface area contributed by atoms with E-state index in [0.717, 1.165) is 11.1 Å². The van der Waals surface area contributed by atoms with Crippen LogP contribution in [0.1, 0.15) is 43.5 Å². The van der Waals surface area contributed by atoms with Gasteiger partial charge in [0.15, 0.2) is 0 Å². The van der Waals surface area contributed by atoms with Crippen LogP contribution in [0.4, 0.5) is 0 Å². The molecule has 2 aromatic carbocycles. The molecule has 0 saturated carbocycles. The molecule has 2 N–H and O–H groups in total. The van der Waals surface area contributed by atoms with Crippen LogP contribution in [0.5, 0.6) is 0 Å². The number of carbonyl (C=O) groups is 1. The summed E-state index contributed by atoms with van der Waals surface area (Å²) in [7, 11) is 1.87. The Balaban J connectivity index is 2.11. The minimum absolute atomic E-state index is 0.0617. The number of amides is 1. The zero-order chi connectivity index (χ0) is 16.8. The first kappa shape index (κ1) is 17.2. The molecule has 23 heavy (non-hydrogen) atoms. The minimum atomic E-state index is -0.269. The molecule has 2 aromatic rings. The SMILES string of the molecule is CC(C)C(c1ccccc1)N(C)C(=O)CC(N)c1ccccc1. The quantitative estimate of drug-likeness (QED) is 0.878. The third-order valence-corrected chi connectivity index (χ3v) is 4.21. The second-order valence-electron chi connectivity index (χ2n) is 6.33. The highest BCUT2D eigenvalue weighted by atomic mass is 16.2. The van der Waals surface area contributed by atoms with E-state index in [2.05, 4.69) is 26.0 Å². The van der Waals surface area contributed by atoms with Crippen molar-refractivity contribution in [2.45, 2.75) is 32.4 Å². The van der Waals surface area contributed by atoms with Crippen LogP contribution in [-0.4, -0.2) is 17.9 Å². The van der Waals surface area contributed by atoms with Crippen LogP contribution in [-0.2, 0) is 4.79 Å². The van der Waals surface area contributed by atoms with Gasteiger partial charge in [-0.05, 0) is 17.0 Å². The van der Waals surface area contributed by atoms with Gasteiger partial charge in [0.2, 0.25) is 5.91 Å². The fraction of sp³-hybridized carbons (Fsp3) is 0.350. The predicted octanol–water partition coefficient (Wildman–Crippen LogP) is 3.93. The van der Waals surface area contributed by atoms with Crippen LogP contribution in [0.3, 0.4) is 0 Å². The first-order valence-electron chi connectivity index (χ1n) is 8.12. The zero-order valence-electron chi connectivity index (χ0n) is 14.1. The molecule has 2 unspecified atom stereocenters. The van der Waals surface area contributed by atoms with E-state index in [9.17, 15) is 4.79 Å². The van der Waals surface area contributed by atoms with Crippen LogP contribution in [0.25, 0.3) is 0 Å². The van der Waals surface area contributed by atoms with Crippen molar-refractivity contribution in [1.82, 2.24) is 4.90 Å². The van der Waals surface area contributed by atoms with Crippen LogP contribution < -0.4 is 5.73 Å². The molecule has 0 saturated heterocycles. The molecule has 3 nitrogen and oxygen atoms in total. The van der Waals surface area contributed by atoms with E-state index in [1.54, 1.807) is 0 Å². The van der Waals surface area contributed by atoms with E-state index in [-0.39, 0.29) is 18.0 Å². The Morgan fingerprint density at radius 1 is 0.957 bits per heavy atom. The van der Waals surface area contributed by atoms with Crippen LogP contribution in [0.15, 0.2) is 60.7 Å². The topological polar surface area (TPSA) is 46.3 Å². The summed E-state index contributed by atoms with van der Waals surface area (Å²) in [5.74, 6) is 0.406. The molecule has 2 atom stereocenters. The summed E-state index contributed by atoms with van der Waals surface area (Å²) in [6, 6.07) is 19.7. The molecule has 0 fully saturated rings. The predicted molar refractivity (Wildman–Crippen MR) is 94.8 cm³/mol. The number of hydrogen-bond donors (Lipinski definition) is 1. The van der Waals surface area contributed by atoms with Gasteiger partial charge in [-0.1, -0.05) is 74.5 Å². The normalized spacial score (nSPS) is 13.6. The van der Waals surface area contributed by atoms with Crippen molar-refractivity contribution in [3.05, 3.63) is 71.8 Å². The highest BCUT2D eigenvalue weighted by Crippen LogP contribution is 2.28. The standard InChI is InChI=1S/C20H26N2O/c1-15(2)20(17-12-8-5-9-13-17)22(3)19(23)14-18(21)16-10-6-4-7-11-16/h4-13,15,18,20H,14,21H2,1-3H3. The van der Waals surface area contributed by atoms with Crippen LogP contribution in [0, 0.1) is 5.92 Å². The molecule has 0 heterocycles.